The standard InChI is InChI=1S/C21H21N3O4S/c1-3-20-22-21(28-23-20)16-9-8-14(2)18(13-16)24-29(25,26)17-10-11-27-19-7-5-4-6-15(19)12-17/h4-9,12-13,24H,3,10-11H2,1-2H3. The first-order valence-corrected chi connectivity index (χ1v) is 10.8. The van der Waals surface area contributed by atoms with Crippen LogP contribution in [0.2, 0.25) is 0 Å². The number of sulfonamides is 1. The summed E-state index contributed by atoms with van der Waals surface area (Å²) in [6, 6.07) is 12.7. The molecule has 1 aromatic heterocycles. The van der Waals surface area contributed by atoms with E-state index in [0.717, 1.165) is 11.1 Å². The Morgan fingerprint density at radius 3 is 2.79 bits per heavy atom. The van der Waals surface area contributed by atoms with Gasteiger partial charge in [-0.3, -0.25) is 4.72 Å². The summed E-state index contributed by atoms with van der Waals surface area (Å²) >= 11 is 0. The van der Waals surface area contributed by atoms with Crippen molar-refractivity contribution >= 4 is 21.8 Å². The van der Waals surface area contributed by atoms with Crippen molar-refractivity contribution in [1.82, 2.24) is 10.1 Å². The number of nitrogens with one attached hydrogen (secondary N) is 1. The van der Waals surface area contributed by atoms with Crippen molar-refractivity contribution in [3.8, 4) is 17.2 Å². The van der Waals surface area contributed by atoms with Crippen LogP contribution in [0.25, 0.3) is 17.5 Å². The van der Waals surface area contributed by atoms with Crippen molar-refractivity contribution < 1.29 is 17.7 Å². The molecule has 0 radical (unpaired) electrons. The molecule has 1 aliphatic heterocycles. The fourth-order valence-corrected chi connectivity index (χ4v) is 4.32. The number of para-hydroxylation sites is 1. The average Bonchev–Trinajstić information content (AvgIpc) is 3.08. The first kappa shape index (κ1) is 19.2. The van der Waals surface area contributed by atoms with E-state index in [2.05, 4.69) is 14.9 Å². The lowest BCUT2D eigenvalue weighted by Gasteiger charge is -2.13. The zero-order chi connectivity index (χ0) is 20.4. The molecule has 29 heavy (non-hydrogen) atoms. The highest BCUT2D eigenvalue weighted by atomic mass is 32.2. The molecule has 0 aliphatic carbocycles. The van der Waals surface area contributed by atoms with Crippen LogP contribution in [0.15, 0.2) is 51.9 Å². The van der Waals surface area contributed by atoms with E-state index in [4.69, 9.17) is 9.26 Å². The van der Waals surface area contributed by atoms with E-state index in [1.807, 2.05) is 50.2 Å². The molecule has 8 heteroatoms. The summed E-state index contributed by atoms with van der Waals surface area (Å²) in [4.78, 5) is 4.59. The lowest BCUT2D eigenvalue weighted by molar-refractivity contribution is 0.325. The second-order valence-electron chi connectivity index (χ2n) is 6.75. The van der Waals surface area contributed by atoms with E-state index in [0.29, 0.717) is 41.7 Å². The van der Waals surface area contributed by atoms with E-state index in [1.54, 1.807) is 12.1 Å². The Balaban J connectivity index is 1.66. The second kappa shape index (κ2) is 7.71. The van der Waals surface area contributed by atoms with Gasteiger partial charge in [0, 0.05) is 24.0 Å². The minimum absolute atomic E-state index is 0.276. The molecule has 0 amide bonds. The van der Waals surface area contributed by atoms with Crippen LogP contribution in [0.3, 0.4) is 0 Å². The smallest absolute Gasteiger partial charge is 0.258 e. The number of hydrogen-bond donors (Lipinski definition) is 1. The van der Waals surface area contributed by atoms with Gasteiger partial charge in [0.05, 0.1) is 17.2 Å². The van der Waals surface area contributed by atoms with E-state index in [-0.39, 0.29) is 11.3 Å². The molecule has 0 spiro atoms. The van der Waals surface area contributed by atoms with Crippen LogP contribution < -0.4 is 9.46 Å². The fraction of sp³-hybridized carbons (Fsp3) is 0.238. The van der Waals surface area contributed by atoms with Crippen molar-refractivity contribution in [3.05, 3.63) is 64.3 Å². The Kier molecular flexibility index (Phi) is 5.10. The molecular weight excluding hydrogens is 390 g/mol. The minimum atomic E-state index is -3.76. The number of fused-ring (bicyclic) bond motifs is 1. The molecular formula is C21H21N3O4S. The first-order valence-electron chi connectivity index (χ1n) is 9.35. The second-order valence-corrected chi connectivity index (χ2v) is 8.49. The summed E-state index contributed by atoms with van der Waals surface area (Å²) in [5.74, 6) is 1.64. The van der Waals surface area contributed by atoms with E-state index in [1.165, 1.54) is 0 Å². The maximum atomic E-state index is 13.1. The third-order valence-electron chi connectivity index (χ3n) is 4.70. The van der Waals surface area contributed by atoms with Gasteiger partial charge >= 0.3 is 0 Å². The van der Waals surface area contributed by atoms with Crippen molar-refractivity contribution in [2.24, 2.45) is 0 Å². The van der Waals surface area contributed by atoms with Crippen molar-refractivity contribution in [1.29, 1.82) is 0 Å². The highest BCUT2D eigenvalue weighted by Crippen LogP contribution is 2.30. The number of aromatic nitrogens is 2. The summed E-state index contributed by atoms with van der Waals surface area (Å²) in [5.41, 5.74) is 2.66. The predicted molar refractivity (Wildman–Crippen MR) is 111 cm³/mol. The van der Waals surface area contributed by atoms with Gasteiger partial charge in [-0.05, 0) is 36.8 Å². The molecule has 7 nitrogen and oxygen atoms in total. The van der Waals surface area contributed by atoms with Gasteiger partial charge in [-0.25, -0.2) is 8.42 Å². The fourth-order valence-electron chi connectivity index (χ4n) is 3.04. The van der Waals surface area contributed by atoms with E-state index >= 15 is 0 Å². The first-order chi connectivity index (χ1) is 14.0. The monoisotopic (exact) mass is 411 g/mol. The molecule has 2 aromatic carbocycles. The van der Waals surface area contributed by atoms with Crippen molar-refractivity contribution in [3.63, 3.8) is 0 Å². The molecule has 0 unspecified atom stereocenters. The number of aryl methyl sites for hydroxylation is 2. The lowest BCUT2D eigenvalue weighted by atomic mass is 10.1. The van der Waals surface area contributed by atoms with Gasteiger partial charge in [-0.1, -0.05) is 36.3 Å². The van der Waals surface area contributed by atoms with Crippen molar-refractivity contribution in [2.75, 3.05) is 11.3 Å². The zero-order valence-electron chi connectivity index (χ0n) is 16.2. The highest BCUT2D eigenvalue weighted by molar-refractivity contribution is 7.96. The summed E-state index contributed by atoms with van der Waals surface area (Å²) in [6.45, 7) is 4.07. The van der Waals surface area contributed by atoms with Crippen LogP contribution >= 0.6 is 0 Å². The van der Waals surface area contributed by atoms with Crippen LogP contribution in [-0.2, 0) is 16.4 Å². The summed E-state index contributed by atoms with van der Waals surface area (Å²) in [6.07, 6.45) is 2.61. The van der Waals surface area contributed by atoms with Crippen LogP contribution in [0.1, 0.15) is 30.3 Å². The number of ether oxygens (including phenoxy) is 1. The Hall–Kier alpha value is -3.13. The van der Waals surface area contributed by atoms with E-state index in [9.17, 15) is 8.42 Å². The van der Waals surface area contributed by atoms with Crippen LogP contribution in [0.5, 0.6) is 5.75 Å². The molecule has 150 valence electrons. The number of rotatable bonds is 5. The van der Waals surface area contributed by atoms with Crippen LogP contribution in [-0.4, -0.2) is 25.2 Å². The van der Waals surface area contributed by atoms with Gasteiger partial charge in [0.25, 0.3) is 15.9 Å². The molecule has 0 fully saturated rings. The normalized spacial score (nSPS) is 13.8. The van der Waals surface area contributed by atoms with Gasteiger partial charge in [0.1, 0.15) is 5.75 Å². The Labute approximate surface area is 169 Å². The maximum absolute atomic E-state index is 13.1. The third kappa shape index (κ3) is 4.02. The molecule has 0 atom stereocenters. The predicted octanol–water partition coefficient (Wildman–Crippen LogP) is 4.17. The molecule has 0 bridgehead atoms. The Morgan fingerprint density at radius 1 is 1.17 bits per heavy atom. The summed E-state index contributed by atoms with van der Waals surface area (Å²) in [7, 11) is -3.76. The topological polar surface area (TPSA) is 94.3 Å². The van der Waals surface area contributed by atoms with Gasteiger partial charge < -0.3 is 9.26 Å². The van der Waals surface area contributed by atoms with Crippen molar-refractivity contribution in [2.45, 2.75) is 26.7 Å². The third-order valence-corrected chi connectivity index (χ3v) is 6.20. The zero-order valence-corrected chi connectivity index (χ0v) is 17.0. The number of anilines is 1. The summed E-state index contributed by atoms with van der Waals surface area (Å²) < 4.78 is 39.8. The van der Waals surface area contributed by atoms with Gasteiger partial charge in [0.2, 0.25) is 0 Å². The average molecular weight is 411 g/mol. The molecule has 0 saturated carbocycles. The Morgan fingerprint density at radius 2 is 2.00 bits per heavy atom. The van der Waals surface area contributed by atoms with Gasteiger partial charge in [0.15, 0.2) is 5.82 Å². The number of benzene rings is 2. The Bertz CT molecular complexity index is 1180. The van der Waals surface area contributed by atoms with Gasteiger partial charge in [-0.15, -0.1) is 0 Å². The number of hydrogen-bond acceptors (Lipinski definition) is 6. The molecule has 4 rings (SSSR count). The van der Waals surface area contributed by atoms with E-state index < -0.39 is 10.0 Å². The largest absolute Gasteiger partial charge is 0.493 e. The quantitative estimate of drug-likeness (QED) is 0.677. The maximum Gasteiger partial charge on any atom is 0.258 e. The van der Waals surface area contributed by atoms with Crippen LogP contribution in [0.4, 0.5) is 5.69 Å². The lowest BCUT2D eigenvalue weighted by Crippen LogP contribution is -2.16. The highest BCUT2D eigenvalue weighted by Gasteiger charge is 2.22. The number of nitrogens with zero attached hydrogens (tertiary/aromatic N) is 2. The molecule has 2 heterocycles. The summed E-state index contributed by atoms with van der Waals surface area (Å²) in [5, 5.41) is 3.90. The molecule has 1 N–H and O–H groups in total. The molecule has 0 saturated heterocycles. The minimum Gasteiger partial charge on any atom is -0.493 e. The molecule has 1 aliphatic rings. The van der Waals surface area contributed by atoms with Gasteiger partial charge in [-0.2, -0.15) is 4.98 Å². The molecule has 3 aromatic rings. The van der Waals surface area contributed by atoms with Crippen LogP contribution in [0, 0.1) is 6.92 Å². The SMILES string of the molecule is CCc1noc(-c2ccc(C)c(NS(=O)(=O)C3=Cc4ccccc4OCC3)c2)n1.